The SMILES string of the molecule is CCn1cnnc1CNC(=NC)NCCSC. The van der Waals surface area contributed by atoms with Crippen LogP contribution in [0.5, 0.6) is 0 Å². The zero-order valence-corrected chi connectivity index (χ0v) is 11.4. The largest absolute Gasteiger partial charge is 0.356 e. The standard InChI is InChI=1S/C10H20N6S/c1-4-16-8-14-15-9(16)7-13-10(11-2)12-5-6-17-3/h8H,4-7H2,1-3H3,(H2,11,12,13). The van der Waals surface area contributed by atoms with E-state index in [1.165, 1.54) is 0 Å². The fourth-order valence-corrected chi connectivity index (χ4v) is 1.64. The van der Waals surface area contributed by atoms with Gasteiger partial charge in [-0.15, -0.1) is 10.2 Å². The highest BCUT2D eigenvalue weighted by atomic mass is 32.2. The van der Waals surface area contributed by atoms with Gasteiger partial charge in [-0.2, -0.15) is 11.8 Å². The minimum Gasteiger partial charge on any atom is -0.356 e. The molecule has 0 aromatic carbocycles. The van der Waals surface area contributed by atoms with E-state index in [9.17, 15) is 0 Å². The molecule has 1 heterocycles. The molecule has 0 bridgehead atoms. The number of aliphatic imine (C=N–C) groups is 1. The first-order chi connectivity index (χ1) is 8.31. The minimum absolute atomic E-state index is 0.632. The summed E-state index contributed by atoms with van der Waals surface area (Å²) in [5.74, 6) is 2.77. The van der Waals surface area contributed by atoms with Crippen LogP contribution in [0.3, 0.4) is 0 Å². The lowest BCUT2D eigenvalue weighted by Gasteiger charge is -2.11. The Kier molecular flexibility index (Phi) is 6.46. The van der Waals surface area contributed by atoms with Crippen molar-refractivity contribution in [2.45, 2.75) is 20.0 Å². The second-order valence-electron chi connectivity index (χ2n) is 3.38. The molecular formula is C10H20N6S. The van der Waals surface area contributed by atoms with Crippen molar-refractivity contribution in [2.24, 2.45) is 4.99 Å². The van der Waals surface area contributed by atoms with Crippen molar-refractivity contribution in [3.8, 4) is 0 Å². The zero-order valence-electron chi connectivity index (χ0n) is 10.6. The molecule has 0 amide bonds. The first-order valence-electron chi connectivity index (χ1n) is 5.62. The number of rotatable bonds is 6. The van der Waals surface area contributed by atoms with E-state index in [-0.39, 0.29) is 0 Å². The normalized spacial score (nSPS) is 11.6. The molecule has 0 spiro atoms. The highest BCUT2D eigenvalue weighted by molar-refractivity contribution is 7.98. The van der Waals surface area contributed by atoms with Gasteiger partial charge in [0.25, 0.3) is 0 Å². The summed E-state index contributed by atoms with van der Waals surface area (Å²) in [4.78, 5) is 4.14. The molecule has 0 saturated heterocycles. The Labute approximate surface area is 106 Å². The number of nitrogens with zero attached hydrogens (tertiary/aromatic N) is 4. The maximum atomic E-state index is 4.14. The average molecular weight is 256 g/mol. The van der Waals surface area contributed by atoms with Crippen LogP contribution in [0.1, 0.15) is 12.7 Å². The van der Waals surface area contributed by atoms with Crippen LogP contribution in [0.25, 0.3) is 0 Å². The molecule has 0 fully saturated rings. The van der Waals surface area contributed by atoms with Gasteiger partial charge in [-0.1, -0.05) is 0 Å². The number of aromatic nitrogens is 3. The van der Waals surface area contributed by atoms with Gasteiger partial charge < -0.3 is 15.2 Å². The Morgan fingerprint density at radius 1 is 1.53 bits per heavy atom. The number of hydrogen-bond acceptors (Lipinski definition) is 4. The Morgan fingerprint density at radius 2 is 2.35 bits per heavy atom. The molecule has 96 valence electrons. The van der Waals surface area contributed by atoms with Crippen LogP contribution < -0.4 is 10.6 Å². The third-order valence-electron chi connectivity index (χ3n) is 2.27. The predicted octanol–water partition coefficient (Wildman–Crippen LogP) is 0.326. The summed E-state index contributed by atoms with van der Waals surface area (Å²) < 4.78 is 2.00. The van der Waals surface area contributed by atoms with Gasteiger partial charge in [-0.25, -0.2) is 0 Å². The second-order valence-corrected chi connectivity index (χ2v) is 4.36. The second kappa shape index (κ2) is 7.94. The van der Waals surface area contributed by atoms with Gasteiger partial charge in [0.05, 0.1) is 6.54 Å². The van der Waals surface area contributed by atoms with Gasteiger partial charge >= 0.3 is 0 Å². The molecule has 2 N–H and O–H groups in total. The van der Waals surface area contributed by atoms with Crippen LogP contribution in [0.15, 0.2) is 11.3 Å². The van der Waals surface area contributed by atoms with Gasteiger partial charge in [-0.05, 0) is 13.2 Å². The summed E-state index contributed by atoms with van der Waals surface area (Å²) in [6.07, 6.45) is 3.82. The van der Waals surface area contributed by atoms with Crippen LogP contribution >= 0.6 is 11.8 Å². The number of aryl methyl sites for hydroxylation is 1. The Bertz CT molecular complexity index is 348. The Hall–Kier alpha value is -1.24. The summed E-state index contributed by atoms with van der Waals surface area (Å²) in [7, 11) is 1.76. The third kappa shape index (κ3) is 4.64. The van der Waals surface area contributed by atoms with E-state index in [4.69, 9.17) is 0 Å². The van der Waals surface area contributed by atoms with Crippen LogP contribution in [0.2, 0.25) is 0 Å². The van der Waals surface area contributed by atoms with Gasteiger partial charge in [0, 0.05) is 25.9 Å². The Balaban J connectivity index is 2.37. The summed E-state index contributed by atoms with van der Waals surface area (Å²) in [6.45, 7) is 4.48. The smallest absolute Gasteiger partial charge is 0.191 e. The monoisotopic (exact) mass is 256 g/mol. The molecule has 0 aliphatic rings. The van der Waals surface area contributed by atoms with Crippen molar-refractivity contribution in [1.82, 2.24) is 25.4 Å². The average Bonchev–Trinajstić information content (AvgIpc) is 2.81. The van der Waals surface area contributed by atoms with Gasteiger partial charge in [-0.3, -0.25) is 4.99 Å². The lowest BCUT2D eigenvalue weighted by Crippen LogP contribution is -2.38. The maximum absolute atomic E-state index is 4.14. The van der Waals surface area contributed by atoms with Crippen LogP contribution in [0, 0.1) is 0 Å². The molecule has 7 heteroatoms. The number of thioether (sulfide) groups is 1. The lowest BCUT2D eigenvalue weighted by molar-refractivity contribution is 0.671. The minimum atomic E-state index is 0.632. The molecule has 0 aliphatic carbocycles. The highest BCUT2D eigenvalue weighted by Crippen LogP contribution is 1.93. The van der Waals surface area contributed by atoms with E-state index < -0.39 is 0 Å². The van der Waals surface area contributed by atoms with E-state index in [2.05, 4.69) is 39.0 Å². The van der Waals surface area contributed by atoms with Crippen LogP contribution in [0.4, 0.5) is 0 Å². The molecule has 17 heavy (non-hydrogen) atoms. The van der Waals surface area contributed by atoms with E-state index in [0.29, 0.717) is 6.54 Å². The number of nitrogens with one attached hydrogen (secondary N) is 2. The quantitative estimate of drug-likeness (QED) is 0.436. The molecule has 1 rings (SSSR count). The number of guanidine groups is 1. The topological polar surface area (TPSA) is 67.1 Å². The number of hydrogen-bond donors (Lipinski definition) is 2. The summed E-state index contributed by atoms with van der Waals surface area (Å²) in [5, 5.41) is 14.4. The first-order valence-corrected chi connectivity index (χ1v) is 7.01. The van der Waals surface area contributed by atoms with Crippen molar-refractivity contribution in [2.75, 3.05) is 25.6 Å². The fraction of sp³-hybridized carbons (Fsp3) is 0.700. The predicted molar refractivity (Wildman–Crippen MR) is 72.3 cm³/mol. The van der Waals surface area contributed by atoms with Crippen molar-refractivity contribution < 1.29 is 0 Å². The summed E-state index contributed by atoms with van der Waals surface area (Å²) >= 11 is 1.80. The van der Waals surface area contributed by atoms with Crippen molar-refractivity contribution in [1.29, 1.82) is 0 Å². The van der Waals surface area contributed by atoms with Crippen molar-refractivity contribution in [3.05, 3.63) is 12.2 Å². The van der Waals surface area contributed by atoms with Crippen LogP contribution in [-0.2, 0) is 13.1 Å². The Morgan fingerprint density at radius 3 is 3.00 bits per heavy atom. The fourth-order valence-electron chi connectivity index (χ4n) is 1.33. The molecule has 1 aromatic heterocycles. The van der Waals surface area contributed by atoms with Crippen molar-refractivity contribution >= 4 is 17.7 Å². The molecule has 6 nitrogen and oxygen atoms in total. The van der Waals surface area contributed by atoms with Gasteiger partial charge in [0.15, 0.2) is 11.8 Å². The van der Waals surface area contributed by atoms with E-state index in [0.717, 1.165) is 30.6 Å². The molecule has 0 saturated carbocycles. The van der Waals surface area contributed by atoms with E-state index >= 15 is 0 Å². The molecule has 1 aromatic rings. The van der Waals surface area contributed by atoms with Crippen molar-refractivity contribution in [3.63, 3.8) is 0 Å². The molecule has 0 aliphatic heterocycles. The van der Waals surface area contributed by atoms with Gasteiger partial charge in [0.2, 0.25) is 0 Å². The summed E-state index contributed by atoms with van der Waals surface area (Å²) in [6, 6.07) is 0. The van der Waals surface area contributed by atoms with Gasteiger partial charge in [0.1, 0.15) is 6.33 Å². The van der Waals surface area contributed by atoms with E-state index in [1.54, 1.807) is 25.1 Å². The van der Waals surface area contributed by atoms with Crippen LogP contribution in [-0.4, -0.2) is 46.3 Å². The highest BCUT2D eigenvalue weighted by Gasteiger charge is 2.03. The molecule has 0 unspecified atom stereocenters. The molecule has 0 radical (unpaired) electrons. The maximum Gasteiger partial charge on any atom is 0.191 e. The van der Waals surface area contributed by atoms with E-state index in [1.807, 2.05) is 4.57 Å². The zero-order chi connectivity index (χ0) is 12.5. The molecular weight excluding hydrogens is 236 g/mol. The first kappa shape index (κ1) is 13.8. The summed E-state index contributed by atoms with van der Waals surface area (Å²) in [5.41, 5.74) is 0. The third-order valence-corrected chi connectivity index (χ3v) is 2.88. The molecule has 0 atom stereocenters. The lowest BCUT2D eigenvalue weighted by atomic mass is 10.5.